The highest BCUT2D eigenvalue weighted by atomic mass is 16.7. The molecule has 1 aromatic heterocycles. The number of carbonyl (C=O) groups is 1. The molecule has 2 aliphatic rings. The first-order valence-electron chi connectivity index (χ1n) is 10.2. The van der Waals surface area contributed by atoms with Gasteiger partial charge in [-0.3, -0.25) is 9.59 Å². The van der Waals surface area contributed by atoms with Gasteiger partial charge < -0.3 is 39.1 Å². The van der Waals surface area contributed by atoms with Crippen molar-refractivity contribution < 1.29 is 43.8 Å². The molecule has 1 fully saturated rings. The molecule has 3 aromatic rings. The number of hydrogen-bond acceptors (Lipinski definition) is 10. The molecule has 172 valence electrons. The Morgan fingerprint density at radius 1 is 1.18 bits per heavy atom. The zero-order chi connectivity index (χ0) is 23.5. The van der Waals surface area contributed by atoms with Crippen LogP contribution in [0.4, 0.5) is 0 Å². The molecular formula is C23H20O10. The van der Waals surface area contributed by atoms with E-state index >= 15 is 0 Å². The molecule has 10 nitrogen and oxygen atoms in total. The molecule has 2 aromatic carbocycles. The Balaban J connectivity index is 1.58. The molecule has 4 N–H and O–H groups in total. The Bertz CT molecular complexity index is 1310. The summed E-state index contributed by atoms with van der Waals surface area (Å²) in [7, 11) is 0. The van der Waals surface area contributed by atoms with E-state index in [1.165, 1.54) is 31.2 Å². The first-order chi connectivity index (χ1) is 15.7. The molecular weight excluding hydrogens is 436 g/mol. The molecule has 1 spiro atoms. The molecule has 33 heavy (non-hydrogen) atoms. The SMILES string of the molecule is CC(=O)OC[C@@H]1O[C@@]2(Cc3c(cc(O)c4c(=O)cc(-c5ccc(O)cc5)oc34)O2)[C@@H](O)[C@@H]1O. The van der Waals surface area contributed by atoms with E-state index in [-0.39, 0.29) is 47.0 Å². The quantitative estimate of drug-likeness (QED) is 0.422. The molecule has 0 radical (unpaired) electrons. The minimum atomic E-state index is -1.72. The lowest BCUT2D eigenvalue weighted by Gasteiger charge is -2.26. The fourth-order valence-corrected chi connectivity index (χ4v) is 4.26. The Morgan fingerprint density at radius 3 is 2.61 bits per heavy atom. The second kappa shape index (κ2) is 7.48. The van der Waals surface area contributed by atoms with Crippen LogP contribution in [0.2, 0.25) is 0 Å². The normalized spacial score (nSPS) is 25.8. The predicted molar refractivity (Wildman–Crippen MR) is 112 cm³/mol. The van der Waals surface area contributed by atoms with Gasteiger partial charge in [-0.15, -0.1) is 0 Å². The van der Waals surface area contributed by atoms with Crippen molar-refractivity contribution in [3.05, 3.63) is 52.2 Å². The van der Waals surface area contributed by atoms with Crippen molar-refractivity contribution in [1.82, 2.24) is 0 Å². The number of fused-ring (bicyclic) bond motifs is 3. The van der Waals surface area contributed by atoms with E-state index in [0.717, 1.165) is 0 Å². The van der Waals surface area contributed by atoms with Crippen molar-refractivity contribution >= 4 is 16.9 Å². The van der Waals surface area contributed by atoms with Crippen molar-refractivity contribution in [2.24, 2.45) is 0 Å². The first-order valence-corrected chi connectivity index (χ1v) is 10.2. The maximum Gasteiger partial charge on any atom is 0.302 e. The zero-order valence-corrected chi connectivity index (χ0v) is 17.3. The van der Waals surface area contributed by atoms with Gasteiger partial charge in [-0.1, -0.05) is 0 Å². The number of phenols is 2. The Morgan fingerprint density at radius 2 is 1.91 bits per heavy atom. The second-order valence-corrected chi connectivity index (χ2v) is 8.08. The van der Waals surface area contributed by atoms with Gasteiger partial charge >= 0.3 is 5.97 Å². The Hall–Kier alpha value is -3.60. The van der Waals surface area contributed by atoms with E-state index < -0.39 is 35.5 Å². The van der Waals surface area contributed by atoms with Gasteiger partial charge in [0.05, 0.1) is 0 Å². The highest BCUT2D eigenvalue weighted by Crippen LogP contribution is 2.48. The number of carbonyl (C=O) groups excluding carboxylic acids is 1. The lowest BCUT2D eigenvalue weighted by molar-refractivity contribution is -0.202. The van der Waals surface area contributed by atoms with Crippen molar-refractivity contribution in [2.45, 2.75) is 37.4 Å². The zero-order valence-electron chi connectivity index (χ0n) is 17.3. The van der Waals surface area contributed by atoms with Crippen molar-refractivity contribution in [3.63, 3.8) is 0 Å². The molecule has 0 unspecified atom stereocenters. The van der Waals surface area contributed by atoms with Crippen LogP contribution < -0.4 is 10.2 Å². The molecule has 0 amide bonds. The van der Waals surface area contributed by atoms with Gasteiger partial charge in [-0.25, -0.2) is 0 Å². The van der Waals surface area contributed by atoms with Crippen LogP contribution in [0.5, 0.6) is 17.2 Å². The van der Waals surface area contributed by atoms with Gasteiger partial charge in [0, 0.05) is 36.6 Å². The maximum atomic E-state index is 12.8. The summed E-state index contributed by atoms with van der Waals surface area (Å²) in [4.78, 5) is 23.9. The fraction of sp³-hybridized carbons (Fsp3) is 0.304. The largest absolute Gasteiger partial charge is 0.508 e. The van der Waals surface area contributed by atoms with Crippen LogP contribution in [-0.2, 0) is 20.7 Å². The van der Waals surface area contributed by atoms with E-state index in [1.807, 2.05) is 0 Å². The number of aliphatic hydroxyl groups is 2. The molecule has 3 heterocycles. The van der Waals surface area contributed by atoms with Gasteiger partial charge in [0.15, 0.2) is 5.43 Å². The molecule has 2 aliphatic heterocycles. The van der Waals surface area contributed by atoms with E-state index in [4.69, 9.17) is 18.6 Å². The molecule has 5 rings (SSSR count). The molecule has 4 atom stereocenters. The fourth-order valence-electron chi connectivity index (χ4n) is 4.26. The molecule has 1 saturated heterocycles. The molecule has 10 heteroatoms. The van der Waals surface area contributed by atoms with E-state index in [2.05, 4.69) is 0 Å². The summed E-state index contributed by atoms with van der Waals surface area (Å²) >= 11 is 0. The summed E-state index contributed by atoms with van der Waals surface area (Å²) in [6.45, 7) is 0.916. The smallest absolute Gasteiger partial charge is 0.302 e. The lowest BCUT2D eigenvalue weighted by Crippen LogP contribution is -2.47. The number of hydrogen-bond donors (Lipinski definition) is 4. The van der Waals surface area contributed by atoms with Crippen LogP contribution in [-0.4, -0.2) is 57.1 Å². The van der Waals surface area contributed by atoms with Crippen LogP contribution in [0.1, 0.15) is 12.5 Å². The summed E-state index contributed by atoms with van der Waals surface area (Å²) in [6, 6.07) is 8.48. The summed E-state index contributed by atoms with van der Waals surface area (Å²) in [5, 5.41) is 41.0. The van der Waals surface area contributed by atoms with E-state index in [1.54, 1.807) is 12.1 Å². The number of esters is 1. The average Bonchev–Trinajstić information content (AvgIpc) is 3.25. The average molecular weight is 456 g/mol. The van der Waals surface area contributed by atoms with E-state index in [9.17, 15) is 30.0 Å². The molecule has 0 bridgehead atoms. The summed E-state index contributed by atoms with van der Waals surface area (Å²) in [5.41, 5.74) is 0.430. The third-order valence-corrected chi connectivity index (χ3v) is 5.86. The number of phenolic OH excluding ortho intramolecular Hbond substituents is 2. The van der Waals surface area contributed by atoms with E-state index in [0.29, 0.717) is 11.1 Å². The van der Waals surface area contributed by atoms with Gasteiger partial charge in [0.1, 0.15) is 58.9 Å². The molecule has 0 aliphatic carbocycles. The highest BCUT2D eigenvalue weighted by Gasteiger charge is 2.60. The minimum absolute atomic E-state index is 0.0463. The van der Waals surface area contributed by atoms with Crippen molar-refractivity contribution in [3.8, 4) is 28.6 Å². The van der Waals surface area contributed by atoms with Gasteiger partial charge in [0.25, 0.3) is 0 Å². The second-order valence-electron chi connectivity index (χ2n) is 8.08. The monoisotopic (exact) mass is 456 g/mol. The predicted octanol–water partition coefficient (Wildman–Crippen LogP) is 1.19. The standard InChI is InChI=1S/C23H20O10/c1-10(24)30-9-18-20(28)22(29)23(33-18)8-13-17(32-23)7-15(27)19-14(26)6-16(31-21(13)19)11-2-4-12(25)5-3-11/h2-7,18,20,22,25,27-29H,8-9H2,1H3/t18-,20+,22-,23-/m0/s1. The minimum Gasteiger partial charge on any atom is -0.508 e. The first kappa shape index (κ1) is 21.3. The van der Waals surface area contributed by atoms with Crippen LogP contribution in [0.25, 0.3) is 22.3 Å². The maximum absolute atomic E-state index is 12.8. The third-order valence-electron chi connectivity index (χ3n) is 5.86. The summed E-state index contributed by atoms with van der Waals surface area (Å²) in [6.07, 6.45) is -4.05. The van der Waals surface area contributed by atoms with Gasteiger partial charge in [-0.05, 0) is 24.3 Å². The van der Waals surface area contributed by atoms with Gasteiger partial charge in [-0.2, -0.15) is 0 Å². The number of ether oxygens (including phenoxy) is 3. The Kier molecular flexibility index (Phi) is 4.82. The summed E-state index contributed by atoms with van der Waals surface area (Å²) in [5.74, 6) is -2.31. The number of benzene rings is 2. The van der Waals surface area contributed by atoms with Crippen molar-refractivity contribution in [1.29, 1.82) is 0 Å². The topological polar surface area (TPSA) is 156 Å². The lowest BCUT2D eigenvalue weighted by atomic mass is 9.98. The third kappa shape index (κ3) is 3.39. The Labute approximate surface area is 186 Å². The summed E-state index contributed by atoms with van der Waals surface area (Å²) < 4.78 is 22.5. The van der Waals surface area contributed by atoms with Crippen LogP contribution in [0.3, 0.4) is 0 Å². The number of aliphatic hydroxyl groups excluding tert-OH is 2. The van der Waals surface area contributed by atoms with Crippen LogP contribution in [0, 0.1) is 0 Å². The highest BCUT2D eigenvalue weighted by molar-refractivity contribution is 5.90. The number of rotatable bonds is 3. The molecule has 0 saturated carbocycles. The van der Waals surface area contributed by atoms with Crippen molar-refractivity contribution in [2.75, 3.05) is 6.61 Å². The number of aromatic hydroxyl groups is 2. The van der Waals surface area contributed by atoms with Crippen LogP contribution >= 0.6 is 0 Å². The van der Waals surface area contributed by atoms with Crippen LogP contribution in [0.15, 0.2) is 45.6 Å². The van der Waals surface area contributed by atoms with Gasteiger partial charge in [0.2, 0.25) is 5.79 Å².